The van der Waals surface area contributed by atoms with Gasteiger partial charge in [0.2, 0.25) is 0 Å². The van der Waals surface area contributed by atoms with Gasteiger partial charge in [0, 0.05) is 53.5 Å². The molecule has 3 nitrogen and oxygen atoms in total. The summed E-state index contributed by atoms with van der Waals surface area (Å²) in [7, 11) is 0. The van der Waals surface area contributed by atoms with Crippen LogP contribution in [0.25, 0.3) is 96.7 Å². The summed E-state index contributed by atoms with van der Waals surface area (Å²) in [5.74, 6) is 0. The van der Waals surface area contributed by atoms with E-state index >= 15 is 0 Å². The van der Waals surface area contributed by atoms with Crippen LogP contribution < -0.4 is 4.90 Å². The van der Waals surface area contributed by atoms with Crippen molar-refractivity contribution >= 4 is 114 Å². The molecular formula is C50H29NO2S. The zero-order chi connectivity index (χ0) is 35.3. The van der Waals surface area contributed by atoms with Gasteiger partial charge in [-0.1, -0.05) is 115 Å². The first-order valence-electron chi connectivity index (χ1n) is 18.2. The Morgan fingerprint density at radius 3 is 1.96 bits per heavy atom. The third-order valence-corrected chi connectivity index (χ3v) is 12.2. The Morgan fingerprint density at radius 1 is 0.389 bits per heavy atom. The molecule has 9 aromatic carbocycles. The van der Waals surface area contributed by atoms with Crippen LogP contribution in [0.15, 0.2) is 185 Å². The van der Waals surface area contributed by atoms with E-state index in [1.165, 1.54) is 52.8 Å². The summed E-state index contributed by atoms with van der Waals surface area (Å²) in [5.41, 5.74) is 8.88. The number of rotatable bonds is 4. The molecule has 0 aliphatic rings. The average Bonchev–Trinajstić information content (AvgIpc) is 3.92. The maximum absolute atomic E-state index is 7.05. The second-order valence-electron chi connectivity index (χ2n) is 14.0. The van der Waals surface area contributed by atoms with Gasteiger partial charge >= 0.3 is 0 Å². The SMILES string of the molecule is c1ccc2c(-c3ccc(N(c4ccc5c(c4)oc4ccc6ccccc6c45)c4cccc5c4oc4c5ccc5sc6ccccc6c54)cc3)cccc2c1. The zero-order valence-corrected chi connectivity index (χ0v) is 29.7. The Bertz CT molecular complexity index is 3450. The number of benzene rings is 9. The first-order chi connectivity index (χ1) is 26.8. The Balaban J connectivity index is 1.10. The van der Waals surface area contributed by atoms with Gasteiger partial charge < -0.3 is 13.7 Å². The van der Waals surface area contributed by atoms with Crippen LogP contribution in [0, 0.1) is 0 Å². The highest BCUT2D eigenvalue weighted by molar-refractivity contribution is 7.26. The highest BCUT2D eigenvalue weighted by Crippen LogP contribution is 2.47. The average molecular weight is 708 g/mol. The first kappa shape index (κ1) is 29.7. The fraction of sp³-hybridized carbons (Fsp3) is 0. The standard InChI is InChI=1S/C50H29NO2S/c1-3-12-35-30(9-1)11-7-15-36(35)32-19-22-33(23-20-32)51(34-24-25-40-44(29-34)52-43-27-21-31-10-2-4-13-37(31)47(40)43)42-17-8-16-38-39-26-28-46-48(50(39)53-49(38)42)41-14-5-6-18-45(41)54-46/h1-29H. The molecule has 54 heavy (non-hydrogen) atoms. The van der Waals surface area contributed by atoms with Crippen LogP contribution >= 0.6 is 11.3 Å². The molecule has 12 rings (SSSR count). The van der Waals surface area contributed by atoms with E-state index in [1.807, 2.05) is 11.3 Å². The van der Waals surface area contributed by atoms with Gasteiger partial charge in [0.1, 0.15) is 16.7 Å². The first-order valence-corrected chi connectivity index (χ1v) is 19.1. The van der Waals surface area contributed by atoms with Crippen LogP contribution in [-0.4, -0.2) is 0 Å². The summed E-state index contributed by atoms with van der Waals surface area (Å²) in [6, 6.07) is 62.9. The van der Waals surface area contributed by atoms with Crippen LogP contribution in [0.4, 0.5) is 17.1 Å². The topological polar surface area (TPSA) is 29.5 Å². The minimum Gasteiger partial charge on any atom is -0.456 e. The van der Waals surface area contributed by atoms with Gasteiger partial charge in [-0.25, -0.2) is 0 Å². The van der Waals surface area contributed by atoms with Gasteiger partial charge in [0.15, 0.2) is 5.58 Å². The third kappa shape index (κ3) is 4.29. The summed E-state index contributed by atoms with van der Waals surface area (Å²) < 4.78 is 16.2. The number of nitrogens with zero attached hydrogens (tertiary/aromatic N) is 1. The summed E-state index contributed by atoms with van der Waals surface area (Å²) in [5, 5.41) is 11.7. The lowest BCUT2D eigenvalue weighted by atomic mass is 9.98. The molecule has 0 amide bonds. The van der Waals surface area contributed by atoms with Crippen molar-refractivity contribution in [1.29, 1.82) is 0 Å². The lowest BCUT2D eigenvalue weighted by Crippen LogP contribution is -2.10. The zero-order valence-electron chi connectivity index (χ0n) is 28.9. The van der Waals surface area contributed by atoms with E-state index in [0.29, 0.717) is 0 Å². The van der Waals surface area contributed by atoms with Crippen molar-refractivity contribution in [3.63, 3.8) is 0 Å². The number of fused-ring (bicyclic) bond motifs is 13. The molecule has 0 aliphatic carbocycles. The lowest BCUT2D eigenvalue weighted by molar-refractivity contribution is 0.668. The molecule has 0 unspecified atom stereocenters. The minimum absolute atomic E-state index is 0.847. The monoisotopic (exact) mass is 707 g/mol. The van der Waals surface area contributed by atoms with Crippen LogP contribution in [0.2, 0.25) is 0 Å². The molecule has 0 fully saturated rings. The normalized spacial score (nSPS) is 12.1. The summed E-state index contributed by atoms with van der Waals surface area (Å²) >= 11 is 1.81. The van der Waals surface area contributed by atoms with E-state index in [4.69, 9.17) is 8.83 Å². The van der Waals surface area contributed by atoms with Gasteiger partial charge in [-0.2, -0.15) is 0 Å². The van der Waals surface area contributed by atoms with E-state index in [9.17, 15) is 0 Å². The molecule has 0 atom stereocenters. The quantitative estimate of drug-likeness (QED) is 0.182. The Kier molecular flexibility index (Phi) is 6.21. The van der Waals surface area contributed by atoms with E-state index in [2.05, 4.69) is 181 Å². The number of hydrogen-bond donors (Lipinski definition) is 0. The predicted octanol–water partition coefficient (Wildman–Crippen LogP) is 15.3. The molecule has 0 bridgehead atoms. The fourth-order valence-corrected chi connectivity index (χ4v) is 9.70. The third-order valence-electron chi connectivity index (χ3n) is 11.1. The van der Waals surface area contributed by atoms with Crippen LogP contribution in [0.1, 0.15) is 0 Å². The van der Waals surface area contributed by atoms with Crippen LogP contribution in [0.3, 0.4) is 0 Å². The van der Waals surface area contributed by atoms with E-state index < -0.39 is 0 Å². The van der Waals surface area contributed by atoms with Gasteiger partial charge in [0.05, 0.1) is 11.4 Å². The largest absolute Gasteiger partial charge is 0.456 e. The summed E-state index contributed by atoms with van der Waals surface area (Å²) in [6.45, 7) is 0. The molecule has 0 radical (unpaired) electrons. The van der Waals surface area contributed by atoms with Crippen LogP contribution in [-0.2, 0) is 0 Å². The van der Waals surface area contributed by atoms with Crippen molar-refractivity contribution in [3.05, 3.63) is 176 Å². The molecule has 3 heterocycles. The summed E-state index contributed by atoms with van der Waals surface area (Å²) in [6.07, 6.45) is 0. The number of furan rings is 2. The van der Waals surface area contributed by atoms with Crippen molar-refractivity contribution in [2.45, 2.75) is 0 Å². The Morgan fingerprint density at radius 2 is 1.07 bits per heavy atom. The van der Waals surface area contributed by atoms with Gasteiger partial charge in [-0.3, -0.25) is 0 Å². The second kappa shape index (κ2) is 11.3. The minimum atomic E-state index is 0.847. The molecule has 0 N–H and O–H groups in total. The van der Waals surface area contributed by atoms with Crippen molar-refractivity contribution in [1.82, 2.24) is 0 Å². The Labute approximate surface area is 313 Å². The maximum Gasteiger partial charge on any atom is 0.159 e. The van der Waals surface area contributed by atoms with Gasteiger partial charge in [-0.05, 0) is 87.3 Å². The van der Waals surface area contributed by atoms with Crippen LogP contribution in [0.5, 0.6) is 0 Å². The van der Waals surface area contributed by atoms with Crippen molar-refractivity contribution < 1.29 is 8.83 Å². The molecule has 252 valence electrons. The molecular weight excluding hydrogens is 679 g/mol. The number of thiophene rings is 1. The van der Waals surface area contributed by atoms with E-state index in [-0.39, 0.29) is 0 Å². The molecule has 4 heteroatoms. The smallest absolute Gasteiger partial charge is 0.159 e. The lowest BCUT2D eigenvalue weighted by Gasteiger charge is -2.25. The second-order valence-corrected chi connectivity index (χ2v) is 15.1. The van der Waals surface area contributed by atoms with E-state index in [1.54, 1.807) is 0 Å². The van der Waals surface area contributed by atoms with Crippen molar-refractivity contribution in [3.8, 4) is 11.1 Å². The molecule has 3 aromatic heterocycles. The van der Waals surface area contributed by atoms with E-state index in [0.717, 1.165) is 60.9 Å². The molecule has 0 saturated carbocycles. The van der Waals surface area contributed by atoms with Gasteiger partial charge in [0.25, 0.3) is 0 Å². The number of para-hydroxylation sites is 1. The predicted molar refractivity (Wildman–Crippen MR) is 229 cm³/mol. The van der Waals surface area contributed by atoms with Crippen molar-refractivity contribution in [2.75, 3.05) is 4.90 Å². The fourth-order valence-electron chi connectivity index (χ4n) is 8.59. The molecule has 0 spiro atoms. The van der Waals surface area contributed by atoms with Crippen molar-refractivity contribution in [2.24, 2.45) is 0 Å². The van der Waals surface area contributed by atoms with Gasteiger partial charge in [-0.15, -0.1) is 11.3 Å². The summed E-state index contributed by atoms with van der Waals surface area (Å²) in [4.78, 5) is 2.31. The Hall–Kier alpha value is -6.88. The molecule has 0 aliphatic heterocycles. The highest BCUT2D eigenvalue weighted by atomic mass is 32.1. The highest BCUT2D eigenvalue weighted by Gasteiger charge is 2.23. The molecule has 12 aromatic rings. The molecule has 0 saturated heterocycles. The number of anilines is 3. The number of hydrogen-bond acceptors (Lipinski definition) is 4. The maximum atomic E-state index is 7.05.